The van der Waals surface area contributed by atoms with Gasteiger partial charge in [-0.2, -0.15) is 4.98 Å². The molecule has 2 rings (SSSR count). The molecular weight excluding hydrogens is 304 g/mol. The van der Waals surface area contributed by atoms with Gasteiger partial charge in [0, 0.05) is 0 Å². The molecule has 0 fully saturated rings. The lowest BCUT2D eigenvalue weighted by Crippen LogP contribution is -2.12. The Balaban J connectivity index is 2.54. The van der Waals surface area contributed by atoms with Crippen LogP contribution in [0.4, 0.5) is 0 Å². The number of benzene rings is 1. The summed E-state index contributed by atoms with van der Waals surface area (Å²) in [5, 5.41) is 9.31. The number of hydrogen-bond donors (Lipinski definition) is 1. The van der Waals surface area contributed by atoms with E-state index < -0.39 is 10.0 Å². The maximum Gasteiger partial charge on any atom is 0.336 e. The number of primary sulfonamides is 1. The second kappa shape index (κ2) is 6.12. The molecule has 1 aromatic carbocycles. The van der Waals surface area contributed by atoms with Gasteiger partial charge in [0.25, 0.3) is 0 Å². The van der Waals surface area contributed by atoms with Crippen molar-refractivity contribution in [3.63, 3.8) is 0 Å². The highest BCUT2D eigenvalue weighted by molar-refractivity contribution is 7.89. The molecule has 0 spiro atoms. The first-order valence-electron chi connectivity index (χ1n) is 6.31. The third kappa shape index (κ3) is 3.23. The summed E-state index contributed by atoms with van der Waals surface area (Å²) in [6.07, 6.45) is 3.43. The number of rotatable bonds is 5. The number of nitrogens with zero attached hydrogens (tertiary/aromatic N) is 3. The largest absolute Gasteiger partial charge is 0.466 e. The molecule has 22 heavy (non-hydrogen) atoms. The van der Waals surface area contributed by atoms with Crippen LogP contribution in [0, 0.1) is 0 Å². The van der Waals surface area contributed by atoms with Gasteiger partial charge in [0.1, 0.15) is 0 Å². The third-order valence-electron chi connectivity index (χ3n) is 2.90. The fourth-order valence-corrected chi connectivity index (χ4v) is 2.36. The molecule has 0 aliphatic heterocycles. The Morgan fingerprint density at radius 1 is 1.36 bits per heavy atom. The monoisotopic (exact) mass is 320 g/mol. The van der Waals surface area contributed by atoms with Gasteiger partial charge in [-0.3, -0.25) is 0 Å². The van der Waals surface area contributed by atoms with Crippen LogP contribution in [0.1, 0.15) is 12.7 Å². The molecule has 0 aliphatic rings. The Kier molecular flexibility index (Phi) is 4.43. The molecule has 8 heteroatoms. The van der Waals surface area contributed by atoms with E-state index in [-0.39, 0.29) is 10.9 Å². The van der Waals surface area contributed by atoms with Crippen LogP contribution >= 0.6 is 0 Å². The molecular formula is C14H16N4O3S. The molecule has 0 amide bonds. The van der Waals surface area contributed by atoms with Gasteiger partial charge in [0.05, 0.1) is 17.7 Å². The van der Waals surface area contributed by atoms with Crippen LogP contribution in [0.25, 0.3) is 11.3 Å². The SMILES string of the molecule is C=C/C=C(\C)c1nc(OC)nn1-c1ccc(S(N)(=O)=O)cc1. The van der Waals surface area contributed by atoms with E-state index in [0.29, 0.717) is 11.5 Å². The molecule has 0 atom stereocenters. The Bertz CT molecular complexity index is 820. The lowest BCUT2D eigenvalue weighted by molar-refractivity contribution is 0.379. The summed E-state index contributed by atoms with van der Waals surface area (Å²) in [4.78, 5) is 4.30. The van der Waals surface area contributed by atoms with Crippen molar-refractivity contribution in [2.24, 2.45) is 5.14 Å². The maximum atomic E-state index is 11.3. The van der Waals surface area contributed by atoms with E-state index in [0.717, 1.165) is 5.57 Å². The van der Waals surface area contributed by atoms with E-state index in [4.69, 9.17) is 9.88 Å². The Labute approximate surface area is 128 Å². The maximum absolute atomic E-state index is 11.3. The van der Waals surface area contributed by atoms with Gasteiger partial charge in [-0.05, 0) is 36.8 Å². The second-order valence-corrected chi connectivity index (χ2v) is 6.02. The summed E-state index contributed by atoms with van der Waals surface area (Å²) in [6.45, 7) is 5.51. The van der Waals surface area contributed by atoms with Gasteiger partial charge in [-0.25, -0.2) is 18.2 Å². The predicted octanol–water partition coefficient (Wildman–Crippen LogP) is 1.51. The Morgan fingerprint density at radius 2 is 2.00 bits per heavy atom. The molecule has 0 unspecified atom stereocenters. The lowest BCUT2D eigenvalue weighted by Gasteiger charge is -2.06. The first-order valence-corrected chi connectivity index (χ1v) is 7.85. The van der Waals surface area contributed by atoms with E-state index in [9.17, 15) is 8.42 Å². The summed E-state index contributed by atoms with van der Waals surface area (Å²) in [6, 6.07) is 6.23. The van der Waals surface area contributed by atoms with Gasteiger partial charge >= 0.3 is 6.01 Å². The van der Waals surface area contributed by atoms with Gasteiger partial charge < -0.3 is 4.74 Å². The van der Waals surface area contributed by atoms with Crippen LogP contribution in [-0.2, 0) is 10.0 Å². The third-order valence-corrected chi connectivity index (χ3v) is 3.83. The minimum atomic E-state index is -3.73. The van der Waals surface area contributed by atoms with E-state index in [1.54, 1.807) is 29.0 Å². The zero-order valence-electron chi connectivity index (χ0n) is 12.2. The van der Waals surface area contributed by atoms with Gasteiger partial charge in [0.15, 0.2) is 5.82 Å². The normalized spacial score (nSPS) is 12.2. The molecule has 116 valence electrons. The molecule has 1 aromatic heterocycles. The van der Waals surface area contributed by atoms with Crippen LogP contribution in [0.2, 0.25) is 0 Å². The number of sulfonamides is 1. The highest BCUT2D eigenvalue weighted by Crippen LogP contribution is 2.20. The van der Waals surface area contributed by atoms with E-state index >= 15 is 0 Å². The molecule has 2 aromatic rings. The summed E-state index contributed by atoms with van der Waals surface area (Å²) >= 11 is 0. The van der Waals surface area contributed by atoms with Crippen molar-refractivity contribution in [1.29, 1.82) is 0 Å². The summed E-state index contributed by atoms with van der Waals surface area (Å²) in [5.74, 6) is 0.570. The minimum absolute atomic E-state index is 0.0308. The van der Waals surface area contributed by atoms with Crippen molar-refractivity contribution in [3.8, 4) is 11.7 Å². The summed E-state index contributed by atoms with van der Waals surface area (Å²) in [5.41, 5.74) is 1.47. The van der Waals surface area contributed by atoms with Crippen molar-refractivity contribution >= 4 is 15.6 Å². The van der Waals surface area contributed by atoms with Crippen LogP contribution in [-0.4, -0.2) is 30.3 Å². The number of aromatic nitrogens is 3. The van der Waals surface area contributed by atoms with Crippen molar-refractivity contribution in [1.82, 2.24) is 14.8 Å². The average molecular weight is 320 g/mol. The number of ether oxygens (including phenoxy) is 1. The molecule has 0 saturated heterocycles. The van der Waals surface area contributed by atoms with E-state index in [1.807, 2.05) is 6.92 Å². The van der Waals surface area contributed by atoms with Crippen LogP contribution in [0.5, 0.6) is 6.01 Å². The molecule has 0 saturated carbocycles. The fourth-order valence-electron chi connectivity index (χ4n) is 1.84. The molecule has 0 radical (unpaired) electrons. The quantitative estimate of drug-likeness (QED) is 0.842. The summed E-state index contributed by atoms with van der Waals surface area (Å²) in [7, 11) is -2.26. The Morgan fingerprint density at radius 3 is 2.50 bits per heavy atom. The topological polar surface area (TPSA) is 100 Å². The molecule has 7 nitrogen and oxygen atoms in total. The number of allylic oxidation sites excluding steroid dienone is 3. The fraction of sp³-hybridized carbons (Fsp3) is 0.143. The van der Waals surface area contributed by atoms with Crippen molar-refractivity contribution < 1.29 is 13.2 Å². The lowest BCUT2D eigenvalue weighted by atomic mass is 10.2. The zero-order valence-corrected chi connectivity index (χ0v) is 13.0. The zero-order chi connectivity index (χ0) is 16.3. The molecule has 1 heterocycles. The van der Waals surface area contributed by atoms with Gasteiger partial charge in [0.2, 0.25) is 10.0 Å². The predicted molar refractivity (Wildman–Crippen MR) is 83.1 cm³/mol. The average Bonchev–Trinajstić information content (AvgIpc) is 2.91. The Hall–Kier alpha value is -2.45. The van der Waals surface area contributed by atoms with Gasteiger partial charge in [-0.15, -0.1) is 5.10 Å². The standard InChI is InChI=1S/C14H16N4O3S/c1-4-5-10(2)13-16-14(21-3)17-18(13)11-6-8-12(9-7-11)22(15,19)20/h4-9H,1H2,2-3H3,(H2,15,19,20)/b10-5+. The van der Waals surface area contributed by atoms with Gasteiger partial charge in [-0.1, -0.05) is 18.7 Å². The molecule has 0 bridgehead atoms. The highest BCUT2D eigenvalue weighted by Gasteiger charge is 2.14. The molecule has 2 N–H and O–H groups in total. The molecule has 0 aliphatic carbocycles. The van der Waals surface area contributed by atoms with Crippen molar-refractivity contribution in [2.75, 3.05) is 7.11 Å². The smallest absolute Gasteiger partial charge is 0.336 e. The summed E-state index contributed by atoms with van der Waals surface area (Å²) < 4.78 is 29.2. The second-order valence-electron chi connectivity index (χ2n) is 4.46. The van der Waals surface area contributed by atoms with Crippen molar-refractivity contribution in [2.45, 2.75) is 11.8 Å². The number of nitrogens with two attached hydrogens (primary N) is 1. The number of methoxy groups -OCH3 is 1. The first kappa shape index (κ1) is 15.9. The first-order chi connectivity index (χ1) is 10.4. The number of hydrogen-bond acceptors (Lipinski definition) is 5. The van der Waals surface area contributed by atoms with Crippen LogP contribution < -0.4 is 9.88 Å². The van der Waals surface area contributed by atoms with Crippen LogP contribution in [0.3, 0.4) is 0 Å². The van der Waals surface area contributed by atoms with Crippen molar-refractivity contribution in [3.05, 3.63) is 48.8 Å². The van der Waals surface area contributed by atoms with E-state index in [1.165, 1.54) is 19.2 Å². The van der Waals surface area contributed by atoms with E-state index in [2.05, 4.69) is 16.7 Å². The van der Waals surface area contributed by atoms with Crippen LogP contribution in [0.15, 0.2) is 47.9 Å². The minimum Gasteiger partial charge on any atom is -0.466 e. The highest BCUT2D eigenvalue weighted by atomic mass is 32.2.